The van der Waals surface area contributed by atoms with Gasteiger partial charge in [0.05, 0.1) is 12.1 Å². The Kier molecular flexibility index (Phi) is 3.68. The Morgan fingerprint density at radius 2 is 2.05 bits per heavy atom. The zero-order valence-electron chi connectivity index (χ0n) is 11.4. The summed E-state index contributed by atoms with van der Waals surface area (Å²) in [7, 11) is 0. The van der Waals surface area contributed by atoms with Gasteiger partial charge in [0, 0.05) is 23.7 Å². The molecule has 1 aliphatic rings. The molecule has 3 rings (SSSR count). The molecule has 1 aliphatic carbocycles. The summed E-state index contributed by atoms with van der Waals surface area (Å²) in [5.41, 5.74) is 1.50. The van der Waals surface area contributed by atoms with E-state index in [4.69, 9.17) is 0 Å². The molecule has 1 saturated carbocycles. The molecular weight excluding hydrogens is 255 g/mol. The van der Waals surface area contributed by atoms with Crippen LogP contribution in [-0.2, 0) is 6.54 Å². The largest absolute Gasteiger partial charge is 0.394 e. The highest BCUT2D eigenvalue weighted by Gasteiger charge is 2.32. The lowest BCUT2D eigenvalue weighted by molar-refractivity contribution is 0.163. The van der Waals surface area contributed by atoms with Crippen LogP contribution in [0.3, 0.4) is 0 Å². The van der Waals surface area contributed by atoms with Crippen LogP contribution in [0.25, 0.3) is 10.9 Å². The van der Waals surface area contributed by atoms with Gasteiger partial charge in [-0.15, -0.1) is 0 Å². The quantitative estimate of drug-likeness (QED) is 0.901. The van der Waals surface area contributed by atoms with Crippen molar-refractivity contribution in [2.24, 2.45) is 0 Å². The molecule has 1 heterocycles. The van der Waals surface area contributed by atoms with E-state index in [1.807, 2.05) is 0 Å². The normalized spacial score (nSPS) is 17.7. The van der Waals surface area contributed by atoms with Gasteiger partial charge in [0.2, 0.25) is 0 Å². The number of hydrogen-bond donors (Lipinski definition) is 2. The van der Waals surface area contributed by atoms with Crippen molar-refractivity contribution in [2.45, 2.75) is 37.8 Å². The molecule has 0 unspecified atom stereocenters. The Bertz CT molecular complexity index is 608. The van der Waals surface area contributed by atoms with Crippen LogP contribution in [0.15, 0.2) is 30.5 Å². The van der Waals surface area contributed by atoms with Gasteiger partial charge in [-0.1, -0.05) is 18.9 Å². The number of pyridine rings is 1. The van der Waals surface area contributed by atoms with Crippen LogP contribution in [0.1, 0.15) is 31.2 Å². The van der Waals surface area contributed by atoms with Crippen molar-refractivity contribution in [1.29, 1.82) is 0 Å². The number of rotatable bonds is 4. The number of hydrogen-bond acceptors (Lipinski definition) is 3. The predicted octanol–water partition coefficient (Wildman–Crippen LogP) is 2.77. The molecule has 1 aromatic carbocycles. The average Bonchev–Trinajstić information content (AvgIpc) is 2.96. The topological polar surface area (TPSA) is 45.1 Å². The second kappa shape index (κ2) is 5.46. The van der Waals surface area contributed by atoms with Crippen LogP contribution in [0.4, 0.5) is 4.39 Å². The molecule has 106 valence electrons. The number of aromatic nitrogens is 1. The molecule has 0 radical (unpaired) electrons. The molecule has 1 aromatic heterocycles. The predicted molar refractivity (Wildman–Crippen MR) is 76.8 cm³/mol. The van der Waals surface area contributed by atoms with E-state index in [-0.39, 0.29) is 18.0 Å². The molecule has 2 N–H and O–H groups in total. The number of nitrogens with one attached hydrogen (secondary N) is 1. The first kappa shape index (κ1) is 13.5. The highest BCUT2D eigenvalue weighted by Crippen LogP contribution is 2.30. The number of benzene rings is 1. The van der Waals surface area contributed by atoms with Crippen LogP contribution in [0.2, 0.25) is 0 Å². The first-order valence-electron chi connectivity index (χ1n) is 7.12. The highest BCUT2D eigenvalue weighted by atomic mass is 19.1. The molecule has 20 heavy (non-hydrogen) atoms. The lowest BCUT2D eigenvalue weighted by Crippen LogP contribution is -2.45. The third kappa shape index (κ3) is 2.41. The fraction of sp³-hybridized carbons (Fsp3) is 0.438. The second-order valence-corrected chi connectivity index (χ2v) is 5.61. The van der Waals surface area contributed by atoms with E-state index in [9.17, 15) is 9.50 Å². The Hall–Kier alpha value is -1.52. The van der Waals surface area contributed by atoms with Gasteiger partial charge in [0.15, 0.2) is 0 Å². The monoisotopic (exact) mass is 274 g/mol. The van der Waals surface area contributed by atoms with Crippen LogP contribution in [0, 0.1) is 5.82 Å². The van der Waals surface area contributed by atoms with Gasteiger partial charge in [-0.3, -0.25) is 4.98 Å². The number of halogens is 1. The summed E-state index contributed by atoms with van der Waals surface area (Å²) in [5, 5.41) is 13.6. The van der Waals surface area contributed by atoms with Crippen molar-refractivity contribution in [3.8, 4) is 0 Å². The molecule has 0 amide bonds. The fourth-order valence-electron chi connectivity index (χ4n) is 3.06. The Labute approximate surface area is 117 Å². The third-order valence-electron chi connectivity index (χ3n) is 4.32. The molecule has 3 nitrogen and oxygen atoms in total. The maximum Gasteiger partial charge on any atom is 0.132 e. The lowest BCUT2D eigenvalue weighted by atomic mass is 9.98. The summed E-state index contributed by atoms with van der Waals surface area (Å²) in [5.74, 6) is -0.241. The van der Waals surface area contributed by atoms with E-state index in [1.165, 1.54) is 6.07 Å². The summed E-state index contributed by atoms with van der Waals surface area (Å²) in [6, 6.07) is 6.76. The maximum absolute atomic E-state index is 13.7. The zero-order valence-corrected chi connectivity index (χ0v) is 11.4. The van der Waals surface area contributed by atoms with Crippen molar-refractivity contribution < 1.29 is 9.50 Å². The summed E-state index contributed by atoms with van der Waals surface area (Å²) >= 11 is 0. The molecule has 4 heteroatoms. The van der Waals surface area contributed by atoms with Gasteiger partial charge in [-0.25, -0.2) is 4.39 Å². The Morgan fingerprint density at radius 3 is 2.80 bits per heavy atom. The van der Waals surface area contributed by atoms with E-state index in [0.717, 1.165) is 31.2 Å². The molecule has 0 bridgehead atoms. The van der Waals surface area contributed by atoms with E-state index in [2.05, 4.69) is 10.3 Å². The lowest BCUT2D eigenvalue weighted by Gasteiger charge is -2.28. The maximum atomic E-state index is 13.7. The fourth-order valence-corrected chi connectivity index (χ4v) is 3.06. The molecule has 0 atom stereocenters. The van der Waals surface area contributed by atoms with Gasteiger partial charge < -0.3 is 10.4 Å². The summed E-state index contributed by atoms with van der Waals surface area (Å²) in [4.78, 5) is 4.29. The van der Waals surface area contributed by atoms with Gasteiger partial charge in [-0.2, -0.15) is 0 Å². The summed E-state index contributed by atoms with van der Waals surface area (Å²) in [6.07, 6.45) is 5.97. The first-order chi connectivity index (χ1) is 9.74. The number of aliphatic hydroxyl groups is 1. The van der Waals surface area contributed by atoms with Gasteiger partial charge in [0.1, 0.15) is 5.82 Å². The van der Waals surface area contributed by atoms with Crippen LogP contribution >= 0.6 is 0 Å². The molecule has 1 fully saturated rings. The van der Waals surface area contributed by atoms with Crippen molar-refractivity contribution in [2.75, 3.05) is 6.61 Å². The van der Waals surface area contributed by atoms with Crippen molar-refractivity contribution in [3.63, 3.8) is 0 Å². The minimum absolute atomic E-state index is 0.152. The van der Waals surface area contributed by atoms with Gasteiger partial charge >= 0.3 is 0 Å². The second-order valence-electron chi connectivity index (χ2n) is 5.61. The van der Waals surface area contributed by atoms with Crippen LogP contribution < -0.4 is 5.32 Å². The van der Waals surface area contributed by atoms with Crippen molar-refractivity contribution >= 4 is 10.9 Å². The smallest absolute Gasteiger partial charge is 0.132 e. The zero-order chi connectivity index (χ0) is 14.0. The highest BCUT2D eigenvalue weighted by molar-refractivity contribution is 5.82. The summed E-state index contributed by atoms with van der Waals surface area (Å²) < 4.78 is 13.7. The van der Waals surface area contributed by atoms with E-state index >= 15 is 0 Å². The molecule has 0 spiro atoms. The number of nitrogens with zero attached hydrogens (tertiary/aromatic N) is 1. The van der Waals surface area contributed by atoms with Crippen molar-refractivity contribution in [1.82, 2.24) is 10.3 Å². The van der Waals surface area contributed by atoms with E-state index in [1.54, 1.807) is 24.4 Å². The minimum atomic E-state index is -0.241. The molecular formula is C16H19FN2O. The standard InChI is InChI=1S/C16H19FN2O/c17-14-6-5-12(15-13(14)4-3-9-18-15)10-19-16(11-20)7-1-2-8-16/h3-6,9,19-20H,1-2,7-8,10-11H2. The number of fused-ring (bicyclic) bond motifs is 1. The van der Waals surface area contributed by atoms with Crippen LogP contribution in [-0.4, -0.2) is 22.2 Å². The van der Waals surface area contributed by atoms with E-state index in [0.29, 0.717) is 17.4 Å². The summed E-state index contributed by atoms with van der Waals surface area (Å²) in [6.45, 7) is 0.758. The molecule has 2 aromatic rings. The van der Waals surface area contributed by atoms with Crippen LogP contribution in [0.5, 0.6) is 0 Å². The van der Waals surface area contributed by atoms with Gasteiger partial charge in [0.25, 0.3) is 0 Å². The van der Waals surface area contributed by atoms with Crippen molar-refractivity contribution in [3.05, 3.63) is 41.8 Å². The average molecular weight is 274 g/mol. The Morgan fingerprint density at radius 1 is 1.25 bits per heavy atom. The SMILES string of the molecule is OCC1(NCc2ccc(F)c3cccnc23)CCCC1. The molecule has 0 saturated heterocycles. The number of aliphatic hydroxyl groups excluding tert-OH is 1. The molecule has 0 aliphatic heterocycles. The third-order valence-corrected chi connectivity index (χ3v) is 4.32. The van der Waals surface area contributed by atoms with Gasteiger partial charge in [-0.05, 0) is 36.6 Å². The Balaban J connectivity index is 1.86. The first-order valence-corrected chi connectivity index (χ1v) is 7.12. The minimum Gasteiger partial charge on any atom is -0.394 e. The van der Waals surface area contributed by atoms with E-state index < -0.39 is 0 Å².